The van der Waals surface area contributed by atoms with E-state index in [1.54, 1.807) is 41.7 Å². The number of anilines is 1. The molecule has 0 N–H and O–H groups in total. The van der Waals surface area contributed by atoms with Gasteiger partial charge in [0.05, 0.1) is 11.1 Å². The number of nitrogens with zero attached hydrogens (tertiary/aromatic N) is 7. The van der Waals surface area contributed by atoms with Crippen LogP contribution in [0.1, 0.15) is 10.4 Å². The maximum atomic E-state index is 14.2. The maximum Gasteiger partial charge on any atom is 0.255 e. The molecule has 0 radical (unpaired) electrons. The molecule has 0 bridgehead atoms. The van der Waals surface area contributed by atoms with Gasteiger partial charge in [0.25, 0.3) is 5.91 Å². The second-order valence-electron chi connectivity index (χ2n) is 7.12. The molecule has 3 aromatic heterocycles. The summed E-state index contributed by atoms with van der Waals surface area (Å²) in [7, 11) is 0. The standard InChI is InChI=1S/C21H17F2N7O/c22-15-3-4-17(23)16(12-15)19-27-26-18-5-2-14(13-30(18)19)20(31)28-8-10-29(11-9-28)21-24-6-1-7-25-21/h1-7,12-13H,8-11H2. The summed E-state index contributed by atoms with van der Waals surface area (Å²) in [5.41, 5.74) is 0.824. The summed E-state index contributed by atoms with van der Waals surface area (Å²) >= 11 is 0. The first-order valence-electron chi connectivity index (χ1n) is 9.71. The maximum absolute atomic E-state index is 14.2. The van der Waals surface area contributed by atoms with Crippen LogP contribution in [0.25, 0.3) is 17.0 Å². The Balaban J connectivity index is 1.39. The van der Waals surface area contributed by atoms with Gasteiger partial charge in [-0.15, -0.1) is 10.2 Å². The highest BCUT2D eigenvalue weighted by Gasteiger charge is 2.24. The number of carbonyl (C=O) groups is 1. The number of pyridine rings is 1. The summed E-state index contributed by atoms with van der Waals surface area (Å²) in [5.74, 6) is -0.586. The van der Waals surface area contributed by atoms with E-state index < -0.39 is 11.6 Å². The molecule has 1 aromatic carbocycles. The van der Waals surface area contributed by atoms with Crippen molar-refractivity contribution in [3.8, 4) is 11.4 Å². The summed E-state index contributed by atoms with van der Waals surface area (Å²) in [6.45, 7) is 2.26. The predicted molar refractivity (Wildman–Crippen MR) is 108 cm³/mol. The molecule has 0 saturated carbocycles. The van der Waals surface area contributed by atoms with Crippen LogP contribution >= 0.6 is 0 Å². The summed E-state index contributed by atoms with van der Waals surface area (Å²) in [4.78, 5) is 25.3. The molecule has 0 spiro atoms. The van der Waals surface area contributed by atoms with Crippen LogP contribution < -0.4 is 4.90 Å². The number of carbonyl (C=O) groups excluding carboxylic acids is 1. The van der Waals surface area contributed by atoms with Gasteiger partial charge in [0, 0.05) is 44.8 Å². The Morgan fingerprint density at radius 2 is 1.71 bits per heavy atom. The molecule has 5 rings (SSSR count). The zero-order valence-electron chi connectivity index (χ0n) is 16.3. The molecule has 10 heteroatoms. The number of piperazine rings is 1. The zero-order valence-corrected chi connectivity index (χ0v) is 16.3. The number of amides is 1. The minimum Gasteiger partial charge on any atom is -0.337 e. The third kappa shape index (κ3) is 3.56. The molecular formula is C21H17F2N7O. The van der Waals surface area contributed by atoms with Crippen molar-refractivity contribution >= 4 is 17.5 Å². The molecule has 1 fully saturated rings. The summed E-state index contributed by atoms with van der Waals surface area (Å²) in [5, 5.41) is 7.99. The molecule has 8 nitrogen and oxygen atoms in total. The highest BCUT2D eigenvalue weighted by Crippen LogP contribution is 2.23. The number of aromatic nitrogens is 5. The smallest absolute Gasteiger partial charge is 0.255 e. The number of hydrogen-bond acceptors (Lipinski definition) is 6. The average molecular weight is 421 g/mol. The van der Waals surface area contributed by atoms with Crippen LogP contribution in [0.4, 0.5) is 14.7 Å². The Bertz CT molecular complexity index is 1250. The van der Waals surface area contributed by atoms with Crippen molar-refractivity contribution in [3.05, 3.63) is 72.2 Å². The number of hydrogen-bond donors (Lipinski definition) is 0. The van der Waals surface area contributed by atoms with Gasteiger partial charge in [-0.25, -0.2) is 18.7 Å². The third-order valence-corrected chi connectivity index (χ3v) is 5.22. The van der Waals surface area contributed by atoms with Gasteiger partial charge in [-0.3, -0.25) is 9.20 Å². The lowest BCUT2D eigenvalue weighted by molar-refractivity contribution is 0.0745. The van der Waals surface area contributed by atoms with Crippen LogP contribution in [0.2, 0.25) is 0 Å². The lowest BCUT2D eigenvalue weighted by Crippen LogP contribution is -2.49. The highest BCUT2D eigenvalue weighted by atomic mass is 19.1. The number of benzene rings is 1. The summed E-state index contributed by atoms with van der Waals surface area (Å²) in [6, 6.07) is 8.19. The molecule has 1 aliphatic rings. The minimum absolute atomic E-state index is 0.0198. The Morgan fingerprint density at radius 1 is 0.935 bits per heavy atom. The topological polar surface area (TPSA) is 79.5 Å². The van der Waals surface area contributed by atoms with Crippen LogP contribution in [-0.4, -0.2) is 61.6 Å². The average Bonchev–Trinajstić information content (AvgIpc) is 3.24. The highest BCUT2D eigenvalue weighted by molar-refractivity contribution is 5.94. The Labute approximate surface area is 175 Å². The first kappa shape index (κ1) is 19.0. The van der Waals surface area contributed by atoms with Crippen molar-refractivity contribution in [1.29, 1.82) is 0 Å². The van der Waals surface area contributed by atoms with E-state index in [2.05, 4.69) is 20.2 Å². The molecule has 0 aliphatic carbocycles. The van der Waals surface area contributed by atoms with Crippen LogP contribution in [0.5, 0.6) is 0 Å². The zero-order chi connectivity index (χ0) is 21.4. The van der Waals surface area contributed by atoms with Crippen molar-refractivity contribution in [2.75, 3.05) is 31.1 Å². The van der Waals surface area contributed by atoms with Gasteiger partial charge in [-0.05, 0) is 36.4 Å². The number of fused-ring (bicyclic) bond motifs is 1. The third-order valence-electron chi connectivity index (χ3n) is 5.22. The molecule has 1 aliphatic heterocycles. The van der Waals surface area contributed by atoms with Crippen LogP contribution in [0, 0.1) is 11.6 Å². The van der Waals surface area contributed by atoms with Gasteiger partial charge in [-0.2, -0.15) is 0 Å². The molecule has 4 aromatic rings. The quantitative estimate of drug-likeness (QED) is 0.506. The van der Waals surface area contributed by atoms with Gasteiger partial charge < -0.3 is 9.80 Å². The summed E-state index contributed by atoms with van der Waals surface area (Å²) < 4.78 is 29.4. The fourth-order valence-corrected chi connectivity index (χ4v) is 3.62. The van der Waals surface area contributed by atoms with Crippen molar-refractivity contribution < 1.29 is 13.6 Å². The molecule has 4 heterocycles. The summed E-state index contributed by atoms with van der Waals surface area (Å²) in [6.07, 6.45) is 4.94. The second kappa shape index (κ2) is 7.71. The van der Waals surface area contributed by atoms with E-state index in [1.165, 1.54) is 4.40 Å². The first-order chi connectivity index (χ1) is 15.1. The fraction of sp³-hybridized carbons (Fsp3) is 0.190. The Hall–Kier alpha value is -3.95. The van der Waals surface area contributed by atoms with E-state index in [0.717, 1.165) is 18.2 Å². The largest absolute Gasteiger partial charge is 0.337 e. The normalized spacial score (nSPS) is 14.3. The minimum atomic E-state index is -0.619. The van der Waals surface area contributed by atoms with Crippen LogP contribution in [0.15, 0.2) is 55.0 Å². The van der Waals surface area contributed by atoms with Crippen molar-refractivity contribution in [3.63, 3.8) is 0 Å². The van der Waals surface area contributed by atoms with E-state index in [1.807, 2.05) is 4.90 Å². The lowest BCUT2D eigenvalue weighted by atomic mass is 10.2. The monoisotopic (exact) mass is 421 g/mol. The van der Waals surface area contributed by atoms with Crippen LogP contribution in [-0.2, 0) is 0 Å². The molecule has 1 amide bonds. The molecule has 0 atom stereocenters. The number of rotatable bonds is 3. The fourth-order valence-electron chi connectivity index (χ4n) is 3.62. The molecule has 31 heavy (non-hydrogen) atoms. The van der Waals surface area contributed by atoms with E-state index in [-0.39, 0.29) is 17.3 Å². The first-order valence-corrected chi connectivity index (χ1v) is 9.71. The van der Waals surface area contributed by atoms with Gasteiger partial charge >= 0.3 is 0 Å². The van der Waals surface area contributed by atoms with Crippen molar-refractivity contribution in [2.24, 2.45) is 0 Å². The van der Waals surface area contributed by atoms with E-state index in [4.69, 9.17) is 0 Å². The second-order valence-corrected chi connectivity index (χ2v) is 7.12. The van der Waals surface area contributed by atoms with Crippen molar-refractivity contribution in [1.82, 2.24) is 29.5 Å². The lowest BCUT2D eigenvalue weighted by Gasteiger charge is -2.34. The number of halogens is 2. The van der Waals surface area contributed by atoms with Gasteiger partial charge in [0.2, 0.25) is 5.95 Å². The van der Waals surface area contributed by atoms with E-state index >= 15 is 0 Å². The Kier molecular flexibility index (Phi) is 4.73. The van der Waals surface area contributed by atoms with E-state index in [0.29, 0.717) is 43.3 Å². The SMILES string of the molecule is O=C(c1ccc2nnc(-c3cc(F)ccc3F)n2c1)N1CCN(c2ncccn2)CC1. The molecule has 1 saturated heterocycles. The van der Waals surface area contributed by atoms with Gasteiger partial charge in [0.15, 0.2) is 11.5 Å². The van der Waals surface area contributed by atoms with Gasteiger partial charge in [-0.1, -0.05) is 0 Å². The molecule has 156 valence electrons. The van der Waals surface area contributed by atoms with Crippen LogP contribution in [0.3, 0.4) is 0 Å². The molecule has 0 unspecified atom stereocenters. The van der Waals surface area contributed by atoms with Crippen molar-refractivity contribution in [2.45, 2.75) is 0 Å². The van der Waals surface area contributed by atoms with Gasteiger partial charge in [0.1, 0.15) is 11.6 Å². The molecular weight excluding hydrogens is 404 g/mol. The predicted octanol–water partition coefficient (Wildman–Crippen LogP) is 2.43. The Morgan fingerprint density at radius 3 is 2.48 bits per heavy atom. The van der Waals surface area contributed by atoms with E-state index in [9.17, 15) is 13.6 Å².